The van der Waals surface area contributed by atoms with Crippen molar-refractivity contribution in [3.05, 3.63) is 17.0 Å². The van der Waals surface area contributed by atoms with Crippen molar-refractivity contribution in [3.63, 3.8) is 0 Å². The molecule has 2 rings (SSSR count). The van der Waals surface area contributed by atoms with Gasteiger partial charge >= 0.3 is 0 Å². The highest BCUT2D eigenvalue weighted by molar-refractivity contribution is 5.20. The molecule has 0 saturated carbocycles. The average molecular weight is 251 g/mol. The molecule has 1 aromatic heterocycles. The van der Waals surface area contributed by atoms with Gasteiger partial charge in [0.25, 0.3) is 0 Å². The van der Waals surface area contributed by atoms with Crippen LogP contribution in [0.5, 0.6) is 0 Å². The molecule has 0 spiro atoms. The summed E-state index contributed by atoms with van der Waals surface area (Å²) in [5, 5.41) is 7.47. The fourth-order valence-corrected chi connectivity index (χ4v) is 2.56. The molecule has 2 heterocycles. The third-order valence-corrected chi connectivity index (χ3v) is 3.79. The fourth-order valence-electron chi connectivity index (χ4n) is 2.56. The van der Waals surface area contributed by atoms with Crippen molar-refractivity contribution in [1.82, 2.24) is 15.4 Å². The van der Waals surface area contributed by atoms with Gasteiger partial charge in [-0.2, -0.15) is 0 Å². The van der Waals surface area contributed by atoms with Crippen LogP contribution in [0.3, 0.4) is 0 Å². The van der Waals surface area contributed by atoms with Gasteiger partial charge in [-0.25, -0.2) is 0 Å². The zero-order valence-corrected chi connectivity index (χ0v) is 11.7. The minimum atomic E-state index is 0.870. The minimum absolute atomic E-state index is 0.870. The summed E-state index contributed by atoms with van der Waals surface area (Å²) < 4.78 is 5.16. The predicted octanol–water partition coefficient (Wildman–Crippen LogP) is 2.26. The van der Waals surface area contributed by atoms with Crippen molar-refractivity contribution in [1.29, 1.82) is 0 Å². The van der Waals surface area contributed by atoms with Gasteiger partial charge in [0.05, 0.1) is 5.69 Å². The van der Waals surface area contributed by atoms with Crippen LogP contribution in [0.2, 0.25) is 0 Å². The van der Waals surface area contributed by atoms with Gasteiger partial charge in [-0.15, -0.1) is 0 Å². The van der Waals surface area contributed by atoms with Crippen molar-refractivity contribution >= 4 is 0 Å². The molecule has 4 heteroatoms. The Morgan fingerprint density at radius 1 is 1.17 bits per heavy atom. The van der Waals surface area contributed by atoms with Gasteiger partial charge in [-0.3, -0.25) is 0 Å². The molecule has 4 nitrogen and oxygen atoms in total. The zero-order chi connectivity index (χ0) is 12.8. The normalized spacial score (nSPS) is 17.9. The molecule has 18 heavy (non-hydrogen) atoms. The predicted molar refractivity (Wildman–Crippen MR) is 72.6 cm³/mol. The second-order valence-electron chi connectivity index (χ2n) is 5.24. The smallest absolute Gasteiger partial charge is 0.138 e. The summed E-state index contributed by atoms with van der Waals surface area (Å²) in [5.74, 6) is 0.940. The third-order valence-electron chi connectivity index (χ3n) is 3.79. The highest BCUT2D eigenvalue weighted by Crippen LogP contribution is 2.11. The van der Waals surface area contributed by atoms with Gasteiger partial charge in [0.2, 0.25) is 0 Å². The Hall–Kier alpha value is -0.870. The summed E-state index contributed by atoms with van der Waals surface area (Å²) in [6.45, 7) is 9.59. The van der Waals surface area contributed by atoms with E-state index < -0.39 is 0 Å². The van der Waals surface area contributed by atoms with Crippen LogP contribution >= 0.6 is 0 Å². The Bertz CT molecular complexity index is 334. The third kappa shape index (κ3) is 3.82. The minimum Gasteiger partial charge on any atom is -0.361 e. The molecule has 0 unspecified atom stereocenters. The number of rotatable bonds is 5. The van der Waals surface area contributed by atoms with Crippen LogP contribution in [0.25, 0.3) is 0 Å². The van der Waals surface area contributed by atoms with Gasteiger partial charge in [0, 0.05) is 25.2 Å². The van der Waals surface area contributed by atoms with E-state index in [1.54, 1.807) is 0 Å². The summed E-state index contributed by atoms with van der Waals surface area (Å²) in [7, 11) is 0. The highest BCUT2D eigenvalue weighted by Gasteiger charge is 2.10. The van der Waals surface area contributed by atoms with Gasteiger partial charge in [-0.05, 0) is 39.8 Å². The van der Waals surface area contributed by atoms with E-state index in [1.807, 2.05) is 13.8 Å². The molecular weight excluding hydrogens is 226 g/mol. The lowest BCUT2D eigenvalue weighted by Gasteiger charge is -2.19. The van der Waals surface area contributed by atoms with Gasteiger partial charge in [-0.1, -0.05) is 18.0 Å². The second kappa shape index (κ2) is 6.90. The van der Waals surface area contributed by atoms with Crippen LogP contribution < -0.4 is 5.32 Å². The molecule has 0 bridgehead atoms. The van der Waals surface area contributed by atoms with Crippen LogP contribution in [0, 0.1) is 13.8 Å². The van der Waals surface area contributed by atoms with E-state index in [4.69, 9.17) is 4.52 Å². The summed E-state index contributed by atoms with van der Waals surface area (Å²) in [6.07, 6.45) is 5.54. The Balaban J connectivity index is 1.66. The standard InChI is InChI=1S/C14H25N3O/c1-12-14(13(2)18-16-12)11-15-7-10-17-8-5-3-4-6-9-17/h15H,3-11H2,1-2H3. The van der Waals surface area contributed by atoms with E-state index in [2.05, 4.69) is 15.4 Å². The fraction of sp³-hybridized carbons (Fsp3) is 0.786. The first-order valence-electron chi connectivity index (χ1n) is 7.12. The van der Waals surface area contributed by atoms with Crippen LogP contribution in [0.1, 0.15) is 42.7 Å². The van der Waals surface area contributed by atoms with Crippen LogP contribution in [0.15, 0.2) is 4.52 Å². The van der Waals surface area contributed by atoms with E-state index in [0.29, 0.717) is 0 Å². The largest absolute Gasteiger partial charge is 0.361 e. The first kappa shape index (κ1) is 13.6. The van der Waals surface area contributed by atoms with E-state index in [0.717, 1.165) is 31.1 Å². The van der Waals surface area contributed by atoms with Crippen LogP contribution in [-0.4, -0.2) is 36.2 Å². The molecule has 1 fully saturated rings. The van der Waals surface area contributed by atoms with E-state index in [1.165, 1.54) is 44.3 Å². The zero-order valence-electron chi connectivity index (χ0n) is 11.7. The number of nitrogens with zero attached hydrogens (tertiary/aromatic N) is 2. The maximum absolute atomic E-state index is 5.16. The first-order chi connectivity index (χ1) is 8.77. The number of aryl methyl sites for hydroxylation is 2. The van der Waals surface area contributed by atoms with Gasteiger partial charge in [0.1, 0.15) is 5.76 Å². The Kier molecular flexibility index (Phi) is 5.20. The highest BCUT2D eigenvalue weighted by atomic mass is 16.5. The molecule has 1 aromatic rings. The quantitative estimate of drug-likeness (QED) is 0.815. The SMILES string of the molecule is Cc1noc(C)c1CNCCN1CCCCCC1. The molecule has 102 valence electrons. The molecule has 1 N–H and O–H groups in total. The Morgan fingerprint density at radius 2 is 1.89 bits per heavy atom. The molecule has 0 atom stereocenters. The summed E-state index contributed by atoms with van der Waals surface area (Å²) in [5.41, 5.74) is 2.22. The first-order valence-corrected chi connectivity index (χ1v) is 7.12. The topological polar surface area (TPSA) is 41.3 Å². The number of likely N-dealkylation sites (tertiary alicyclic amines) is 1. The molecule has 0 amide bonds. The number of aromatic nitrogens is 1. The molecule has 1 saturated heterocycles. The van der Waals surface area contributed by atoms with Crippen molar-refractivity contribution in [2.75, 3.05) is 26.2 Å². The van der Waals surface area contributed by atoms with Crippen molar-refractivity contribution in [3.8, 4) is 0 Å². The number of nitrogens with one attached hydrogen (secondary N) is 1. The lowest BCUT2D eigenvalue weighted by Crippen LogP contribution is -2.32. The maximum atomic E-state index is 5.16. The van der Waals surface area contributed by atoms with E-state index in [9.17, 15) is 0 Å². The van der Waals surface area contributed by atoms with Crippen molar-refractivity contribution < 1.29 is 4.52 Å². The molecular formula is C14H25N3O. The van der Waals surface area contributed by atoms with E-state index >= 15 is 0 Å². The number of hydrogen-bond acceptors (Lipinski definition) is 4. The van der Waals surface area contributed by atoms with E-state index in [-0.39, 0.29) is 0 Å². The lowest BCUT2D eigenvalue weighted by molar-refractivity contribution is 0.284. The lowest BCUT2D eigenvalue weighted by atomic mass is 10.2. The monoisotopic (exact) mass is 251 g/mol. The second-order valence-corrected chi connectivity index (χ2v) is 5.24. The van der Waals surface area contributed by atoms with Gasteiger partial charge < -0.3 is 14.7 Å². The van der Waals surface area contributed by atoms with Crippen LogP contribution in [-0.2, 0) is 6.54 Å². The Morgan fingerprint density at radius 3 is 2.50 bits per heavy atom. The van der Waals surface area contributed by atoms with Gasteiger partial charge in [0.15, 0.2) is 0 Å². The molecule has 0 radical (unpaired) electrons. The van der Waals surface area contributed by atoms with Crippen LogP contribution in [0.4, 0.5) is 0 Å². The van der Waals surface area contributed by atoms with Crippen molar-refractivity contribution in [2.45, 2.75) is 46.1 Å². The summed E-state index contributed by atoms with van der Waals surface area (Å²) >= 11 is 0. The maximum Gasteiger partial charge on any atom is 0.138 e. The van der Waals surface area contributed by atoms with Crippen molar-refractivity contribution in [2.24, 2.45) is 0 Å². The summed E-state index contributed by atoms with van der Waals surface area (Å²) in [4.78, 5) is 2.58. The molecule has 0 aromatic carbocycles. The number of hydrogen-bond donors (Lipinski definition) is 1. The molecule has 1 aliphatic rings. The molecule has 1 aliphatic heterocycles. The molecule has 0 aliphatic carbocycles. The summed E-state index contributed by atoms with van der Waals surface area (Å²) in [6, 6.07) is 0. The Labute approximate surface area is 110 Å². The average Bonchev–Trinajstić information content (AvgIpc) is 2.60.